The Morgan fingerprint density at radius 3 is 1.82 bits per heavy atom. The van der Waals surface area contributed by atoms with Gasteiger partial charge in [-0.25, -0.2) is 4.98 Å². The molecular formula is C11H3Cl3F6N2. The second-order valence-corrected chi connectivity index (χ2v) is 5.27. The average Bonchev–Trinajstić information content (AvgIpc) is 2.78. The Morgan fingerprint density at radius 2 is 1.36 bits per heavy atom. The van der Waals surface area contributed by atoms with Crippen molar-refractivity contribution in [2.75, 3.05) is 0 Å². The Labute approximate surface area is 134 Å². The van der Waals surface area contributed by atoms with Crippen LogP contribution in [0, 0.1) is 0 Å². The first-order valence-corrected chi connectivity index (χ1v) is 6.44. The number of aromatic nitrogens is 2. The molecular weight excluding hydrogens is 380 g/mol. The van der Waals surface area contributed by atoms with Crippen molar-refractivity contribution in [3.05, 3.63) is 38.6 Å². The summed E-state index contributed by atoms with van der Waals surface area (Å²) in [5.74, 6) is -0.719. The van der Waals surface area contributed by atoms with Gasteiger partial charge in [-0.1, -0.05) is 34.8 Å². The van der Waals surface area contributed by atoms with E-state index in [0.29, 0.717) is 0 Å². The van der Waals surface area contributed by atoms with Crippen molar-refractivity contribution in [1.82, 2.24) is 9.97 Å². The lowest BCUT2D eigenvalue weighted by atomic mass is 10.2. The summed E-state index contributed by atoms with van der Waals surface area (Å²) in [5.41, 5.74) is -4.34. The van der Waals surface area contributed by atoms with Gasteiger partial charge in [-0.05, 0) is 12.1 Å². The van der Waals surface area contributed by atoms with Crippen molar-refractivity contribution in [3.63, 3.8) is 0 Å². The molecule has 0 aliphatic carbocycles. The lowest BCUT2D eigenvalue weighted by Gasteiger charge is -2.08. The zero-order chi connectivity index (χ0) is 16.9. The van der Waals surface area contributed by atoms with E-state index in [2.05, 4.69) is 4.98 Å². The second-order valence-electron chi connectivity index (χ2n) is 4.05. The maximum absolute atomic E-state index is 12.7. The van der Waals surface area contributed by atoms with Gasteiger partial charge in [0.1, 0.15) is 5.82 Å². The summed E-state index contributed by atoms with van der Waals surface area (Å²) in [6.45, 7) is 0. The maximum Gasteiger partial charge on any atom is 0.435 e. The van der Waals surface area contributed by atoms with Gasteiger partial charge in [0.15, 0.2) is 11.4 Å². The third kappa shape index (κ3) is 3.28. The number of nitrogens with one attached hydrogen (secondary N) is 1. The van der Waals surface area contributed by atoms with Gasteiger partial charge in [0.25, 0.3) is 0 Å². The van der Waals surface area contributed by atoms with Crippen LogP contribution in [-0.2, 0) is 12.4 Å². The highest BCUT2D eigenvalue weighted by Gasteiger charge is 2.47. The van der Waals surface area contributed by atoms with Crippen LogP contribution in [0.1, 0.15) is 11.4 Å². The molecule has 1 heterocycles. The molecule has 0 spiro atoms. The lowest BCUT2D eigenvalue weighted by molar-refractivity contribution is -0.165. The highest BCUT2D eigenvalue weighted by molar-refractivity contribution is 6.44. The molecule has 0 fully saturated rings. The molecule has 1 aromatic heterocycles. The van der Waals surface area contributed by atoms with E-state index in [0.717, 1.165) is 12.1 Å². The molecule has 22 heavy (non-hydrogen) atoms. The number of halogens is 9. The van der Waals surface area contributed by atoms with Crippen LogP contribution in [0.2, 0.25) is 15.1 Å². The summed E-state index contributed by atoms with van der Waals surface area (Å²) in [6.07, 6.45) is -10.6. The Bertz CT molecular complexity index is 688. The minimum absolute atomic E-state index is 0.00550. The van der Waals surface area contributed by atoms with E-state index in [1.54, 1.807) is 4.98 Å². The Kier molecular flexibility index (Phi) is 4.31. The number of aromatic amines is 1. The molecule has 120 valence electrons. The maximum atomic E-state index is 12.7. The number of benzene rings is 1. The molecule has 1 aromatic carbocycles. The fraction of sp³-hybridized carbons (Fsp3) is 0.182. The van der Waals surface area contributed by atoms with Crippen molar-refractivity contribution in [2.24, 2.45) is 0 Å². The molecule has 2 nitrogen and oxygen atoms in total. The topological polar surface area (TPSA) is 28.7 Å². The van der Waals surface area contributed by atoms with Gasteiger partial charge in [-0.15, -0.1) is 0 Å². The Balaban J connectivity index is 2.69. The third-order valence-corrected chi connectivity index (χ3v) is 3.56. The molecule has 0 aliphatic heterocycles. The summed E-state index contributed by atoms with van der Waals surface area (Å²) >= 11 is 17.1. The summed E-state index contributed by atoms with van der Waals surface area (Å²) in [5, 5.41) is -0.306. The fourth-order valence-electron chi connectivity index (χ4n) is 1.62. The molecule has 0 saturated heterocycles. The average molecular weight is 384 g/mol. The number of imidazole rings is 1. The quantitative estimate of drug-likeness (QED) is 0.469. The monoisotopic (exact) mass is 382 g/mol. The summed E-state index contributed by atoms with van der Waals surface area (Å²) in [7, 11) is 0. The summed E-state index contributed by atoms with van der Waals surface area (Å²) in [4.78, 5) is 4.55. The van der Waals surface area contributed by atoms with Crippen molar-refractivity contribution in [3.8, 4) is 11.4 Å². The summed E-state index contributed by atoms with van der Waals surface area (Å²) < 4.78 is 76.2. The number of hydrogen-bond acceptors (Lipinski definition) is 1. The number of H-pyrrole nitrogens is 1. The van der Waals surface area contributed by atoms with Crippen LogP contribution in [0.15, 0.2) is 12.1 Å². The van der Waals surface area contributed by atoms with Gasteiger partial charge >= 0.3 is 12.4 Å². The van der Waals surface area contributed by atoms with E-state index < -0.39 is 29.6 Å². The van der Waals surface area contributed by atoms with Crippen molar-refractivity contribution in [1.29, 1.82) is 0 Å². The first-order valence-electron chi connectivity index (χ1n) is 5.30. The zero-order valence-electron chi connectivity index (χ0n) is 10.0. The highest BCUT2D eigenvalue weighted by atomic mass is 35.5. The molecule has 0 atom stereocenters. The fourth-order valence-corrected chi connectivity index (χ4v) is 2.25. The predicted molar refractivity (Wildman–Crippen MR) is 69.1 cm³/mol. The van der Waals surface area contributed by atoms with Gasteiger partial charge in [0, 0.05) is 5.56 Å². The molecule has 2 aromatic rings. The van der Waals surface area contributed by atoms with Gasteiger partial charge in [0.2, 0.25) is 0 Å². The Morgan fingerprint density at radius 1 is 0.818 bits per heavy atom. The molecule has 0 aliphatic rings. The Hall–Kier alpha value is -1.12. The van der Waals surface area contributed by atoms with Gasteiger partial charge in [-0.2, -0.15) is 26.3 Å². The van der Waals surface area contributed by atoms with E-state index in [1.165, 1.54) is 0 Å². The van der Waals surface area contributed by atoms with Crippen LogP contribution in [0.3, 0.4) is 0 Å². The predicted octanol–water partition coefficient (Wildman–Crippen LogP) is 6.07. The van der Waals surface area contributed by atoms with E-state index in [9.17, 15) is 26.3 Å². The molecule has 0 amide bonds. The van der Waals surface area contributed by atoms with E-state index in [4.69, 9.17) is 34.8 Å². The first-order chi connectivity index (χ1) is 9.91. The van der Waals surface area contributed by atoms with Crippen LogP contribution < -0.4 is 0 Å². The second kappa shape index (κ2) is 5.50. The van der Waals surface area contributed by atoms with Crippen LogP contribution in [-0.4, -0.2) is 9.97 Å². The lowest BCUT2D eigenvalue weighted by Crippen LogP contribution is -2.16. The van der Waals surface area contributed by atoms with Crippen LogP contribution >= 0.6 is 34.8 Å². The molecule has 1 N–H and O–H groups in total. The number of alkyl halides is 6. The van der Waals surface area contributed by atoms with Crippen molar-refractivity contribution < 1.29 is 26.3 Å². The van der Waals surface area contributed by atoms with Crippen molar-refractivity contribution >= 4 is 34.8 Å². The minimum Gasteiger partial charge on any atom is -0.334 e. The van der Waals surface area contributed by atoms with E-state index in [1.807, 2.05) is 0 Å². The standard InChI is InChI=1S/C11H3Cl3F6N2/c12-4-2-6(14)5(13)1-3(4)9-21-7(10(15,16)17)8(22-9)11(18,19)20/h1-2H,(H,21,22). The SMILES string of the molecule is FC(F)(F)c1nc(-c2cc(Cl)c(Cl)cc2Cl)[nH]c1C(F)(F)F. The molecule has 0 bridgehead atoms. The smallest absolute Gasteiger partial charge is 0.334 e. The van der Waals surface area contributed by atoms with Crippen LogP contribution in [0.25, 0.3) is 11.4 Å². The van der Waals surface area contributed by atoms with Gasteiger partial charge < -0.3 is 4.98 Å². The number of rotatable bonds is 1. The molecule has 0 unspecified atom stereocenters. The van der Waals surface area contributed by atoms with Gasteiger partial charge in [-0.3, -0.25) is 0 Å². The summed E-state index contributed by atoms with van der Waals surface area (Å²) in [6, 6.07) is 2.11. The third-order valence-electron chi connectivity index (χ3n) is 2.52. The highest BCUT2D eigenvalue weighted by Crippen LogP contribution is 2.41. The minimum atomic E-state index is -5.29. The van der Waals surface area contributed by atoms with Crippen molar-refractivity contribution in [2.45, 2.75) is 12.4 Å². The molecule has 0 saturated carbocycles. The van der Waals surface area contributed by atoms with Gasteiger partial charge in [0.05, 0.1) is 15.1 Å². The molecule has 11 heteroatoms. The molecule has 2 rings (SSSR count). The normalized spacial score (nSPS) is 12.8. The van der Waals surface area contributed by atoms with Crippen LogP contribution in [0.4, 0.5) is 26.3 Å². The van der Waals surface area contributed by atoms with E-state index in [-0.39, 0.29) is 20.6 Å². The molecule has 0 radical (unpaired) electrons. The number of nitrogens with zero attached hydrogens (tertiary/aromatic N) is 1. The largest absolute Gasteiger partial charge is 0.435 e. The zero-order valence-corrected chi connectivity index (χ0v) is 12.3. The number of hydrogen-bond donors (Lipinski definition) is 1. The van der Waals surface area contributed by atoms with E-state index >= 15 is 0 Å². The van der Waals surface area contributed by atoms with Crippen LogP contribution in [0.5, 0.6) is 0 Å². The first kappa shape index (κ1) is 17.2.